The molecule has 0 saturated heterocycles. The van der Waals surface area contributed by atoms with Crippen LogP contribution in [0.3, 0.4) is 0 Å². The van der Waals surface area contributed by atoms with Crippen molar-refractivity contribution in [3.63, 3.8) is 0 Å². The molecule has 0 spiro atoms. The van der Waals surface area contributed by atoms with E-state index in [1.54, 1.807) is 4.90 Å². The molecule has 1 aliphatic rings. The number of carbonyl (C=O) groups is 1. The van der Waals surface area contributed by atoms with Gasteiger partial charge in [-0.1, -0.05) is 12.1 Å². The van der Waals surface area contributed by atoms with Gasteiger partial charge in [0, 0.05) is 38.1 Å². The summed E-state index contributed by atoms with van der Waals surface area (Å²) in [6.45, 7) is 1.95. The quantitative estimate of drug-likeness (QED) is 0.718. The number of anilines is 1. The maximum absolute atomic E-state index is 12.0. The fourth-order valence-corrected chi connectivity index (χ4v) is 2.03. The molecule has 1 amide bonds. The van der Waals surface area contributed by atoms with Gasteiger partial charge in [0.25, 0.3) is 5.91 Å². The van der Waals surface area contributed by atoms with Crippen molar-refractivity contribution in [2.75, 3.05) is 26.0 Å². The fraction of sp³-hybridized carbons (Fsp3) is 0.308. The minimum absolute atomic E-state index is 0.0757. The van der Waals surface area contributed by atoms with Crippen molar-refractivity contribution in [1.82, 2.24) is 4.90 Å². The van der Waals surface area contributed by atoms with E-state index in [0.717, 1.165) is 22.5 Å². The molecule has 3 nitrogen and oxygen atoms in total. The van der Waals surface area contributed by atoms with E-state index in [2.05, 4.69) is 0 Å². The van der Waals surface area contributed by atoms with E-state index >= 15 is 0 Å². The summed E-state index contributed by atoms with van der Waals surface area (Å²) in [6, 6.07) is 6.00. The van der Waals surface area contributed by atoms with Gasteiger partial charge in [0.2, 0.25) is 0 Å². The molecule has 1 aliphatic heterocycles. The van der Waals surface area contributed by atoms with Crippen LogP contribution in [0.2, 0.25) is 0 Å². The molecule has 2 rings (SSSR count). The highest BCUT2D eigenvalue weighted by Crippen LogP contribution is 2.33. The molecule has 0 radical (unpaired) electrons. The van der Waals surface area contributed by atoms with Gasteiger partial charge in [-0.15, -0.1) is 0 Å². The fourth-order valence-electron chi connectivity index (χ4n) is 2.03. The Labute approximate surface area is 96.0 Å². The first-order valence-corrected chi connectivity index (χ1v) is 5.32. The summed E-state index contributed by atoms with van der Waals surface area (Å²) in [5.74, 6) is 0.0757. The summed E-state index contributed by atoms with van der Waals surface area (Å²) in [7, 11) is 5.76. The first-order chi connectivity index (χ1) is 7.56. The molecule has 0 bridgehead atoms. The van der Waals surface area contributed by atoms with Gasteiger partial charge in [-0.25, -0.2) is 0 Å². The lowest BCUT2D eigenvalue weighted by Gasteiger charge is -2.12. The van der Waals surface area contributed by atoms with Crippen molar-refractivity contribution in [3.8, 4) is 0 Å². The monoisotopic (exact) mass is 216 g/mol. The Morgan fingerprint density at radius 3 is 2.50 bits per heavy atom. The van der Waals surface area contributed by atoms with Gasteiger partial charge >= 0.3 is 0 Å². The van der Waals surface area contributed by atoms with Crippen LogP contribution in [0.1, 0.15) is 22.8 Å². The molecular formula is C13H16N2O. The second kappa shape index (κ2) is 3.67. The summed E-state index contributed by atoms with van der Waals surface area (Å²) >= 11 is 0. The number of hydrogen-bond donors (Lipinski definition) is 0. The standard InChI is InChI=1S/C13H16N2O/c1-5-12-10-7-6-9(14(2)3)8-11(10)13(16)15(12)4/h5-8H,1-4H3/b12-5+. The van der Waals surface area contributed by atoms with E-state index in [4.69, 9.17) is 0 Å². The Kier molecular flexibility index (Phi) is 2.46. The van der Waals surface area contributed by atoms with Gasteiger partial charge in [-0.3, -0.25) is 4.79 Å². The molecule has 0 N–H and O–H groups in total. The molecular weight excluding hydrogens is 200 g/mol. The minimum atomic E-state index is 0.0757. The zero-order valence-corrected chi connectivity index (χ0v) is 10.1. The average Bonchev–Trinajstić information content (AvgIpc) is 2.51. The second-order valence-corrected chi connectivity index (χ2v) is 4.16. The van der Waals surface area contributed by atoms with Gasteiger partial charge in [0.05, 0.1) is 5.56 Å². The number of hydrogen-bond acceptors (Lipinski definition) is 2. The third-order valence-corrected chi connectivity index (χ3v) is 2.97. The van der Waals surface area contributed by atoms with E-state index in [-0.39, 0.29) is 5.91 Å². The van der Waals surface area contributed by atoms with E-state index in [1.807, 2.05) is 57.2 Å². The number of allylic oxidation sites excluding steroid dienone is 1. The van der Waals surface area contributed by atoms with Crippen molar-refractivity contribution >= 4 is 17.3 Å². The molecule has 0 unspecified atom stereocenters. The lowest BCUT2D eigenvalue weighted by molar-refractivity contribution is 0.0874. The largest absolute Gasteiger partial charge is 0.378 e. The van der Waals surface area contributed by atoms with Crippen LogP contribution < -0.4 is 4.90 Å². The molecule has 1 aromatic rings. The molecule has 84 valence electrons. The first kappa shape index (κ1) is 10.7. The lowest BCUT2D eigenvalue weighted by atomic mass is 10.1. The molecule has 0 saturated carbocycles. The maximum Gasteiger partial charge on any atom is 0.258 e. The molecule has 1 aromatic carbocycles. The smallest absolute Gasteiger partial charge is 0.258 e. The van der Waals surface area contributed by atoms with Crippen molar-refractivity contribution in [1.29, 1.82) is 0 Å². The highest BCUT2D eigenvalue weighted by atomic mass is 16.2. The predicted molar refractivity (Wildman–Crippen MR) is 66.5 cm³/mol. The summed E-state index contributed by atoms with van der Waals surface area (Å²) in [5, 5.41) is 0. The highest BCUT2D eigenvalue weighted by Gasteiger charge is 2.28. The van der Waals surface area contributed by atoms with Crippen LogP contribution in [0.5, 0.6) is 0 Å². The zero-order valence-electron chi connectivity index (χ0n) is 10.1. The summed E-state index contributed by atoms with van der Waals surface area (Å²) in [5.41, 5.74) is 3.87. The van der Waals surface area contributed by atoms with Crippen molar-refractivity contribution in [2.45, 2.75) is 6.92 Å². The summed E-state index contributed by atoms with van der Waals surface area (Å²) < 4.78 is 0. The van der Waals surface area contributed by atoms with Crippen LogP contribution in [-0.2, 0) is 0 Å². The maximum atomic E-state index is 12.0. The van der Waals surface area contributed by atoms with Crippen LogP contribution in [0.25, 0.3) is 5.70 Å². The van der Waals surface area contributed by atoms with Crippen LogP contribution >= 0.6 is 0 Å². The SMILES string of the molecule is C/C=C1\c2ccc(N(C)C)cc2C(=O)N1C. The first-order valence-electron chi connectivity index (χ1n) is 5.32. The van der Waals surface area contributed by atoms with Crippen LogP contribution in [-0.4, -0.2) is 32.0 Å². The third kappa shape index (κ3) is 1.40. The zero-order chi connectivity index (χ0) is 11.9. The number of nitrogens with zero attached hydrogens (tertiary/aromatic N) is 2. The molecule has 16 heavy (non-hydrogen) atoms. The van der Waals surface area contributed by atoms with Gasteiger partial charge in [-0.2, -0.15) is 0 Å². The van der Waals surface area contributed by atoms with Crippen molar-refractivity contribution < 1.29 is 4.79 Å². The normalized spacial score (nSPS) is 16.9. The van der Waals surface area contributed by atoms with Crippen LogP contribution in [0.4, 0.5) is 5.69 Å². The van der Waals surface area contributed by atoms with E-state index < -0.39 is 0 Å². The van der Waals surface area contributed by atoms with Gasteiger partial charge < -0.3 is 9.80 Å². The Bertz CT molecular complexity index is 475. The van der Waals surface area contributed by atoms with E-state index in [0.29, 0.717) is 0 Å². The second-order valence-electron chi connectivity index (χ2n) is 4.16. The summed E-state index contributed by atoms with van der Waals surface area (Å²) in [6.07, 6.45) is 1.97. The minimum Gasteiger partial charge on any atom is -0.378 e. The van der Waals surface area contributed by atoms with Gasteiger partial charge in [-0.05, 0) is 19.1 Å². The predicted octanol–water partition coefficient (Wildman–Crippen LogP) is 2.20. The van der Waals surface area contributed by atoms with E-state index in [9.17, 15) is 4.79 Å². The Balaban J connectivity index is 2.59. The van der Waals surface area contributed by atoms with Gasteiger partial charge in [0.1, 0.15) is 0 Å². The molecule has 0 fully saturated rings. The number of rotatable bonds is 1. The Morgan fingerprint density at radius 2 is 1.94 bits per heavy atom. The molecule has 0 atom stereocenters. The number of benzene rings is 1. The number of amides is 1. The third-order valence-electron chi connectivity index (χ3n) is 2.97. The topological polar surface area (TPSA) is 23.6 Å². The number of fused-ring (bicyclic) bond motifs is 1. The van der Waals surface area contributed by atoms with E-state index in [1.165, 1.54) is 0 Å². The van der Waals surface area contributed by atoms with Crippen molar-refractivity contribution in [3.05, 3.63) is 35.4 Å². The molecule has 0 aliphatic carbocycles. The molecule has 0 aromatic heterocycles. The summed E-state index contributed by atoms with van der Waals surface area (Å²) in [4.78, 5) is 15.7. The van der Waals surface area contributed by atoms with Crippen LogP contribution in [0.15, 0.2) is 24.3 Å². The highest BCUT2D eigenvalue weighted by molar-refractivity contribution is 6.09. The van der Waals surface area contributed by atoms with Crippen molar-refractivity contribution in [2.24, 2.45) is 0 Å². The Hall–Kier alpha value is -1.77. The molecule has 1 heterocycles. The van der Waals surface area contributed by atoms with Gasteiger partial charge in [0.15, 0.2) is 0 Å². The molecule has 3 heteroatoms. The lowest BCUT2D eigenvalue weighted by Crippen LogP contribution is -2.17. The van der Waals surface area contributed by atoms with Crippen LogP contribution in [0, 0.1) is 0 Å². The average molecular weight is 216 g/mol. The number of carbonyl (C=O) groups excluding carboxylic acids is 1. The Morgan fingerprint density at radius 1 is 1.25 bits per heavy atom.